The predicted molar refractivity (Wildman–Crippen MR) is 76.2 cm³/mol. The molecule has 0 atom stereocenters. The largest absolute Gasteiger partial charge is 0.322 e. The number of hydrogen-bond donors (Lipinski definition) is 0. The van der Waals surface area contributed by atoms with E-state index in [0.717, 1.165) is 37.6 Å². The number of aromatic nitrogens is 2. The highest BCUT2D eigenvalue weighted by atomic mass is 35.5. The summed E-state index contributed by atoms with van der Waals surface area (Å²) >= 11 is 5.82. The van der Waals surface area contributed by atoms with Gasteiger partial charge in [0.25, 0.3) is 0 Å². The van der Waals surface area contributed by atoms with Crippen molar-refractivity contribution in [3.8, 4) is 0 Å². The maximum Gasteiger partial charge on any atom is 0.184 e. The highest BCUT2D eigenvalue weighted by Crippen LogP contribution is 2.34. The van der Waals surface area contributed by atoms with Crippen LogP contribution >= 0.6 is 11.6 Å². The molecule has 0 saturated heterocycles. The van der Waals surface area contributed by atoms with E-state index in [0.29, 0.717) is 23.3 Å². The minimum atomic E-state index is -0.813. The molecule has 108 valence electrons. The summed E-state index contributed by atoms with van der Waals surface area (Å²) < 4.78 is 29.6. The standard InChI is InChI=1S/C15H17ClF2N2/c16-9-8-13-19-12-7-6-11(17)14(18)15(12)20(13)10-4-2-1-3-5-10/h6-7,10H,1-5,8-9H2. The van der Waals surface area contributed by atoms with Crippen LogP contribution in [-0.4, -0.2) is 15.4 Å². The van der Waals surface area contributed by atoms with E-state index in [4.69, 9.17) is 11.6 Å². The van der Waals surface area contributed by atoms with Gasteiger partial charge in [0.05, 0.1) is 5.52 Å². The van der Waals surface area contributed by atoms with Crippen LogP contribution in [0, 0.1) is 11.6 Å². The molecule has 0 bridgehead atoms. The minimum Gasteiger partial charge on any atom is -0.322 e. The van der Waals surface area contributed by atoms with Gasteiger partial charge in [-0.2, -0.15) is 0 Å². The van der Waals surface area contributed by atoms with Crippen molar-refractivity contribution >= 4 is 22.6 Å². The van der Waals surface area contributed by atoms with Crippen LogP contribution in [0.3, 0.4) is 0 Å². The number of halogens is 3. The van der Waals surface area contributed by atoms with Crippen LogP contribution in [0.15, 0.2) is 12.1 Å². The van der Waals surface area contributed by atoms with Crippen LogP contribution in [0.25, 0.3) is 11.0 Å². The smallest absolute Gasteiger partial charge is 0.184 e. The molecule has 0 amide bonds. The molecule has 0 unspecified atom stereocenters. The van der Waals surface area contributed by atoms with Crippen LogP contribution in [0.5, 0.6) is 0 Å². The highest BCUT2D eigenvalue weighted by molar-refractivity contribution is 6.17. The van der Waals surface area contributed by atoms with Gasteiger partial charge in [-0.1, -0.05) is 19.3 Å². The third kappa shape index (κ3) is 2.30. The van der Waals surface area contributed by atoms with Gasteiger partial charge in [-0.15, -0.1) is 11.6 Å². The number of benzene rings is 1. The summed E-state index contributed by atoms with van der Waals surface area (Å²) in [5.74, 6) is -0.403. The Hall–Kier alpha value is -1.16. The number of alkyl halides is 1. The highest BCUT2D eigenvalue weighted by Gasteiger charge is 2.24. The molecule has 1 aromatic heterocycles. The molecule has 0 aliphatic heterocycles. The van der Waals surface area contributed by atoms with Crippen LogP contribution in [0.1, 0.15) is 44.0 Å². The lowest BCUT2D eigenvalue weighted by Gasteiger charge is -2.25. The van der Waals surface area contributed by atoms with E-state index in [-0.39, 0.29) is 6.04 Å². The van der Waals surface area contributed by atoms with Crippen LogP contribution in [-0.2, 0) is 6.42 Å². The molecule has 2 aromatic rings. The lowest BCUT2D eigenvalue weighted by Crippen LogP contribution is -2.16. The van der Waals surface area contributed by atoms with Crippen molar-refractivity contribution in [2.45, 2.75) is 44.6 Å². The molecule has 1 heterocycles. The molecule has 0 spiro atoms. The SMILES string of the molecule is Fc1ccc2nc(CCCl)n(C3CCCCC3)c2c1F. The number of aryl methyl sites for hydroxylation is 1. The quantitative estimate of drug-likeness (QED) is 0.757. The Morgan fingerprint density at radius 3 is 2.65 bits per heavy atom. The predicted octanol–water partition coefficient (Wildman–Crippen LogP) is 4.60. The molecule has 3 rings (SSSR count). The third-order valence-corrected chi connectivity index (χ3v) is 4.26. The number of hydrogen-bond acceptors (Lipinski definition) is 1. The second kappa shape index (κ2) is 5.68. The van der Waals surface area contributed by atoms with E-state index in [9.17, 15) is 8.78 Å². The summed E-state index contributed by atoms with van der Waals surface area (Å²) in [7, 11) is 0. The van der Waals surface area contributed by atoms with Crippen molar-refractivity contribution in [1.29, 1.82) is 0 Å². The van der Waals surface area contributed by atoms with Crippen molar-refractivity contribution < 1.29 is 8.78 Å². The van der Waals surface area contributed by atoms with E-state index >= 15 is 0 Å². The van der Waals surface area contributed by atoms with Crippen molar-refractivity contribution in [2.75, 3.05) is 5.88 Å². The maximum absolute atomic E-state index is 14.2. The van der Waals surface area contributed by atoms with Crippen molar-refractivity contribution in [3.63, 3.8) is 0 Å². The molecule has 0 radical (unpaired) electrons. The van der Waals surface area contributed by atoms with Gasteiger partial charge < -0.3 is 4.57 Å². The summed E-state index contributed by atoms with van der Waals surface area (Å²) in [4.78, 5) is 4.45. The average molecular weight is 299 g/mol. The zero-order chi connectivity index (χ0) is 14.1. The number of nitrogens with zero attached hydrogens (tertiary/aromatic N) is 2. The summed E-state index contributed by atoms with van der Waals surface area (Å²) in [5, 5.41) is 0. The Morgan fingerprint density at radius 2 is 1.95 bits per heavy atom. The monoisotopic (exact) mass is 298 g/mol. The zero-order valence-electron chi connectivity index (χ0n) is 11.2. The van der Waals surface area contributed by atoms with E-state index in [1.165, 1.54) is 6.42 Å². The summed E-state index contributed by atoms with van der Waals surface area (Å²) in [5.41, 5.74) is 0.826. The second-order valence-corrected chi connectivity index (χ2v) is 5.74. The van der Waals surface area contributed by atoms with E-state index < -0.39 is 11.6 Å². The van der Waals surface area contributed by atoms with Gasteiger partial charge in [0.2, 0.25) is 0 Å². The zero-order valence-corrected chi connectivity index (χ0v) is 12.0. The molecular weight excluding hydrogens is 282 g/mol. The fourth-order valence-electron chi connectivity index (χ4n) is 3.16. The topological polar surface area (TPSA) is 17.8 Å². The van der Waals surface area contributed by atoms with Gasteiger partial charge in [-0.25, -0.2) is 13.8 Å². The van der Waals surface area contributed by atoms with Gasteiger partial charge in [0, 0.05) is 18.3 Å². The molecule has 5 heteroatoms. The minimum absolute atomic E-state index is 0.211. The van der Waals surface area contributed by atoms with Crippen LogP contribution in [0.4, 0.5) is 8.78 Å². The van der Waals surface area contributed by atoms with Gasteiger partial charge in [-0.05, 0) is 25.0 Å². The second-order valence-electron chi connectivity index (χ2n) is 5.36. The number of rotatable bonds is 3. The first-order valence-corrected chi connectivity index (χ1v) is 7.66. The molecule has 1 aliphatic carbocycles. The van der Waals surface area contributed by atoms with Crippen LogP contribution in [0.2, 0.25) is 0 Å². The Balaban J connectivity index is 2.18. The molecule has 1 saturated carbocycles. The van der Waals surface area contributed by atoms with Gasteiger partial charge >= 0.3 is 0 Å². The van der Waals surface area contributed by atoms with Crippen molar-refractivity contribution in [2.24, 2.45) is 0 Å². The molecule has 1 aromatic carbocycles. The Bertz CT molecular complexity index is 618. The summed E-state index contributed by atoms with van der Waals surface area (Å²) in [6.45, 7) is 0. The van der Waals surface area contributed by atoms with Crippen molar-refractivity contribution in [3.05, 3.63) is 29.6 Å². The fourth-order valence-corrected chi connectivity index (χ4v) is 3.33. The lowest BCUT2D eigenvalue weighted by molar-refractivity contribution is 0.350. The Morgan fingerprint density at radius 1 is 1.20 bits per heavy atom. The third-order valence-electron chi connectivity index (χ3n) is 4.07. The van der Waals surface area contributed by atoms with Crippen LogP contribution < -0.4 is 0 Å². The molecule has 20 heavy (non-hydrogen) atoms. The Kier molecular flexibility index (Phi) is 3.92. The Labute approximate surface area is 121 Å². The normalized spacial score (nSPS) is 16.9. The maximum atomic E-state index is 14.2. The van der Waals surface area contributed by atoms with Gasteiger partial charge in [0.15, 0.2) is 11.6 Å². The van der Waals surface area contributed by atoms with Gasteiger partial charge in [0.1, 0.15) is 11.3 Å². The first kappa shape index (κ1) is 13.8. The van der Waals surface area contributed by atoms with E-state index in [2.05, 4.69) is 4.98 Å². The summed E-state index contributed by atoms with van der Waals surface area (Å²) in [6, 6.07) is 2.90. The lowest BCUT2D eigenvalue weighted by atomic mass is 9.95. The van der Waals surface area contributed by atoms with Gasteiger partial charge in [-0.3, -0.25) is 0 Å². The first-order chi connectivity index (χ1) is 9.72. The number of fused-ring (bicyclic) bond motifs is 1. The fraction of sp³-hybridized carbons (Fsp3) is 0.533. The first-order valence-electron chi connectivity index (χ1n) is 7.13. The molecule has 1 aliphatic rings. The van der Waals surface area contributed by atoms with Crippen molar-refractivity contribution in [1.82, 2.24) is 9.55 Å². The molecule has 2 nitrogen and oxygen atoms in total. The average Bonchev–Trinajstić information content (AvgIpc) is 2.83. The number of imidazole rings is 1. The van der Waals surface area contributed by atoms with E-state index in [1.807, 2.05) is 4.57 Å². The van der Waals surface area contributed by atoms with E-state index in [1.54, 1.807) is 6.07 Å². The molecular formula is C15H17ClF2N2. The molecule has 1 fully saturated rings. The summed E-state index contributed by atoms with van der Waals surface area (Å²) in [6.07, 6.45) is 6.04. The molecule has 0 N–H and O–H groups in total.